The zero-order valence-corrected chi connectivity index (χ0v) is 12.8. The maximum absolute atomic E-state index is 13.8. The number of allylic oxidation sites excluding steroid dienone is 2. The lowest BCUT2D eigenvalue weighted by atomic mass is 9.81. The summed E-state index contributed by atoms with van der Waals surface area (Å²) in [6.07, 6.45) is 2.34. The zero-order chi connectivity index (χ0) is 15.5. The largest absolute Gasteiger partial charge is 0.479 e. The van der Waals surface area contributed by atoms with Crippen molar-refractivity contribution in [1.82, 2.24) is 0 Å². The molecular formula is C15H14BrFO4. The van der Waals surface area contributed by atoms with Crippen LogP contribution in [-0.4, -0.2) is 35.4 Å². The molecule has 1 aromatic rings. The fourth-order valence-electron chi connectivity index (χ4n) is 2.22. The molecule has 0 aliphatic heterocycles. The van der Waals surface area contributed by atoms with Crippen molar-refractivity contribution in [3.05, 3.63) is 53.9 Å². The minimum Gasteiger partial charge on any atom is -0.479 e. The second kappa shape index (κ2) is 6.51. The molecule has 1 aromatic carbocycles. The van der Waals surface area contributed by atoms with E-state index in [9.17, 15) is 14.3 Å². The second-order valence-electron chi connectivity index (χ2n) is 4.47. The molecule has 0 aromatic heterocycles. The van der Waals surface area contributed by atoms with Gasteiger partial charge in [-0.25, -0.2) is 9.18 Å². The van der Waals surface area contributed by atoms with E-state index in [1.54, 1.807) is 30.3 Å². The van der Waals surface area contributed by atoms with Crippen LogP contribution < -0.4 is 0 Å². The number of hydrogen-bond donors (Lipinski definition) is 1. The molecule has 0 radical (unpaired) electrons. The van der Waals surface area contributed by atoms with Crippen LogP contribution >= 0.6 is 15.9 Å². The summed E-state index contributed by atoms with van der Waals surface area (Å²) in [4.78, 5) is 11.0. The van der Waals surface area contributed by atoms with Crippen LogP contribution in [0.5, 0.6) is 0 Å². The standard InChI is InChI=1S/C15H14BrFO4/c1-20-9-21-15(14(18)19)12(7-11(17)8-13(15)16)10-5-3-2-4-6-10/h2-8,13H,9H2,1H3,(H,18,19). The number of benzene rings is 1. The van der Waals surface area contributed by atoms with Gasteiger partial charge in [-0.3, -0.25) is 0 Å². The van der Waals surface area contributed by atoms with Gasteiger partial charge in [0.1, 0.15) is 12.6 Å². The van der Waals surface area contributed by atoms with E-state index in [4.69, 9.17) is 9.47 Å². The number of alkyl halides is 1. The maximum Gasteiger partial charge on any atom is 0.342 e. The Kier molecular flexibility index (Phi) is 4.92. The van der Waals surface area contributed by atoms with Gasteiger partial charge in [0.2, 0.25) is 5.60 Å². The van der Waals surface area contributed by atoms with Gasteiger partial charge in [0.15, 0.2) is 0 Å². The van der Waals surface area contributed by atoms with Crippen molar-refractivity contribution in [3.8, 4) is 0 Å². The minimum atomic E-state index is -1.76. The number of methoxy groups -OCH3 is 1. The number of rotatable bonds is 5. The topological polar surface area (TPSA) is 55.8 Å². The second-order valence-corrected chi connectivity index (χ2v) is 5.46. The smallest absolute Gasteiger partial charge is 0.342 e. The number of hydrogen-bond acceptors (Lipinski definition) is 3. The molecule has 1 aliphatic carbocycles. The van der Waals surface area contributed by atoms with Crippen molar-refractivity contribution in [2.45, 2.75) is 10.4 Å². The number of halogens is 2. The molecule has 112 valence electrons. The van der Waals surface area contributed by atoms with Crippen LogP contribution in [0.25, 0.3) is 5.57 Å². The van der Waals surface area contributed by atoms with E-state index in [0.29, 0.717) is 5.56 Å². The molecule has 0 bridgehead atoms. The maximum atomic E-state index is 13.8. The Balaban J connectivity index is 2.58. The third-order valence-corrected chi connectivity index (χ3v) is 4.09. The summed E-state index contributed by atoms with van der Waals surface area (Å²) in [6, 6.07) is 8.70. The predicted octanol–water partition coefficient (Wildman–Crippen LogP) is 3.14. The van der Waals surface area contributed by atoms with Crippen molar-refractivity contribution in [2.24, 2.45) is 0 Å². The number of ether oxygens (including phenoxy) is 2. The first kappa shape index (κ1) is 15.9. The molecule has 0 amide bonds. The Hall–Kier alpha value is -1.50. The van der Waals surface area contributed by atoms with Crippen LogP contribution in [0.2, 0.25) is 0 Å². The number of carboxylic acids is 1. The Bertz CT molecular complexity index is 585. The van der Waals surface area contributed by atoms with Crippen LogP contribution in [-0.2, 0) is 14.3 Å². The molecule has 2 unspecified atom stereocenters. The summed E-state index contributed by atoms with van der Waals surface area (Å²) in [5, 5.41) is 9.70. The van der Waals surface area contributed by atoms with Gasteiger partial charge < -0.3 is 14.6 Å². The van der Waals surface area contributed by atoms with E-state index in [1.165, 1.54) is 13.2 Å². The molecule has 21 heavy (non-hydrogen) atoms. The van der Waals surface area contributed by atoms with Crippen LogP contribution in [0.1, 0.15) is 5.56 Å². The van der Waals surface area contributed by atoms with Crippen LogP contribution in [0, 0.1) is 0 Å². The van der Waals surface area contributed by atoms with Gasteiger partial charge in [-0.15, -0.1) is 0 Å². The van der Waals surface area contributed by atoms with Crippen molar-refractivity contribution in [2.75, 3.05) is 13.9 Å². The lowest BCUT2D eigenvalue weighted by Gasteiger charge is -2.36. The van der Waals surface area contributed by atoms with Gasteiger partial charge in [0.25, 0.3) is 0 Å². The molecule has 0 heterocycles. The fourth-order valence-corrected chi connectivity index (χ4v) is 3.05. The summed E-state index contributed by atoms with van der Waals surface area (Å²) in [6.45, 7) is -0.228. The molecule has 0 fully saturated rings. The van der Waals surface area contributed by atoms with E-state index in [-0.39, 0.29) is 12.4 Å². The van der Waals surface area contributed by atoms with Crippen molar-refractivity contribution < 1.29 is 23.8 Å². The van der Waals surface area contributed by atoms with Gasteiger partial charge >= 0.3 is 5.97 Å². The highest BCUT2D eigenvalue weighted by molar-refractivity contribution is 9.09. The molecule has 4 nitrogen and oxygen atoms in total. The molecule has 0 saturated carbocycles. The van der Waals surface area contributed by atoms with Crippen molar-refractivity contribution >= 4 is 27.5 Å². The average Bonchev–Trinajstić information content (AvgIpc) is 2.46. The summed E-state index contributed by atoms with van der Waals surface area (Å²) in [5.74, 6) is -1.74. The minimum absolute atomic E-state index is 0.228. The first-order chi connectivity index (χ1) is 10.0. The monoisotopic (exact) mass is 356 g/mol. The SMILES string of the molecule is COCOC1(C(=O)O)C(c2ccccc2)=CC(F)=CC1Br. The summed E-state index contributed by atoms with van der Waals surface area (Å²) >= 11 is 3.20. The van der Waals surface area contributed by atoms with Gasteiger partial charge in [0, 0.05) is 12.7 Å². The Morgan fingerprint density at radius 1 is 1.43 bits per heavy atom. The van der Waals surface area contributed by atoms with E-state index < -0.39 is 22.2 Å². The highest BCUT2D eigenvalue weighted by atomic mass is 79.9. The fraction of sp³-hybridized carbons (Fsp3) is 0.267. The van der Waals surface area contributed by atoms with Crippen LogP contribution in [0.3, 0.4) is 0 Å². The lowest BCUT2D eigenvalue weighted by Crippen LogP contribution is -2.51. The van der Waals surface area contributed by atoms with Gasteiger partial charge in [-0.1, -0.05) is 46.3 Å². The number of carbonyl (C=O) groups is 1. The normalized spacial score (nSPS) is 25.2. The predicted molar refractivity (Wildman–Crippen MR) is 79.7 cm³/mol. The molecule has 1 N–H and O–H groups in total. The van der Waals surface area contributed by atoms with Crippen molar-refractivity contribution in [3.63, 3.8) is 0 Å². The number of carboxylic acid groups (broad SMARTS) is 1. The molecule has 1 aliphatic rings. The van der Waals surface area contributed by atoms with Crippen LogP contribution in [0.4, 0.5) is 4.39 Å². The van der Waals surface area contributed by atoms with E-state index in [1.807, 2.05) is 0 Å². The third-order valence-electron chi connectivity index (χ3n) is 3.18. The third kappa shape index (κ3) is 2.92. The van der Waals surface area contributed by atoms with E-state index in [2.05, 4.69) is 15.9 Å². The first-order valence-corrected chi connectivity index (χ1v) is 7.09. The molecule has 2 rings (SSSR count). The molecule has 0 saturated heterocycles. The quantitative estimate of drug-likeness (QED) is 0.650. The molecule has 6 heteroatoms. The van der Waals surface area contributed by atoms with Gasteiger partial charge in [-0.2, -0.15) is 0 Å². The Morgan fingerprint density at radius 2 is 2.10 bits per heavy atom. The Morgan fingerprint density at radius 3 is 2.67 bits per heavy atom. The summed E-state index contributed by atoms with van der Waals surface area (Å²) in [5.41, 5.74) is -0.953. The summed E-state index contributed by atoms with van der Waals surface area (Å²) < 4.78 is 24.1. The first-order valence-electron chi connectivity index (χ1n) is 6.17. The van der Waals surface area contributed by atoms with Crippen LogP contribution in [0.15, 0.2) is 48.3 Å². The highest BCUT2D eigenvalue weighted by Crippen LogP contribution is 2.42. The Labute approximate surface area is 130 Å². The lowest BCUT2D eigenvalue weighted by molar-refractivity contribution is -0.168. The molecular weight excluding hydrogens is 343 g/mol. The number of aliphatic carboxylic acids is 1. The molecule has 0 spiro atoms. The highest BCUT2D eigenvalue weighted by Gasteiger charge is 2.51. The van der Waals surface area contributed by atoms with Gasteiger partial charge in [-0.05, 0) is 17.7 Å². The van der Waals surface area contributed by atoms with E-state index in [0.717, 1.165) is 6.08 Å². The van der Waals surface area contributed by atoms with Crippen molar-refractivity contribution in [1.29, 1.82) is 0 Å². The zero-order valence-electron chi connectivity index (χ0n) is 11.3. The van der Waals surface area contributed by atoms with Gasteiger partial charge in [0.05, 0.1) is 4.83 Å². The van der Waals surface area contributed by atoms with E-state index >= 15 is 0 Å². The molecule has 2 atom stereocenters. The summed E-state index contributed by atoms with van der Waals surface area (Å²) in [7, 11) is 1.39. The average molecular weight is 357 g/mol.